The van der Waals surface area contributed by atoms with Crippen LogP contribution in [-0.4, -0.2) is 20.1 Å². The largest absolute Gasteiger partial charge is 0.343 e. The predicted molar refractivity (Wildman–Crippen MR) is 108 cm³/mol. The number of carbonyl (C=O) groups is 1. The lowest BCUT2D eigenvalue weighted by Crippen LogP contribution is -2.43. The van der Waals surface area contributed by atoms with Gasteiger partial charge in [0.2, 0.25) is 10.0 Å². The van der Waals surface area contributed by atoms with E-state index in [-0.39, 0.29) is 17.5 Å². The zero-order chi connectivity index (χ0) is 20.2. The predicted octanol–water partition coefficient (Wildman–Crippen LogP) is 4.18. The highest BCUT2D eigenvalue weighted by Crippen LogP contribution is 2.39. The fraction of sp³-hybridized carbons (Fsp3) is 0.381. The molecule has 28 heavy (non-hydrogen) atoms. The molecule has 3 rings (SSSR count). The zero-order valence-corrected chi connectivity index (χ0v) is 16.7. The first kappa shape index (κ1) is 20.3. The van der Waals surface area contributed by atoms with E-state index >= 15 is 0 Å². The minimum absolute atomic E-state index is 0.0249. The lowest BCUT2D eigenvalue weighted by molar-refractivity contribution is 0.0898. The fourth-order valence-corrected chi connectivity index (χ4v) is 4.87. The number of carbonyl (C=O) groups excluding carboxylic acids is 1. The molecule has 1 aliphatic rings. The van der Waals surface area contributed by atoms with Crippen molar-refractivity contribution in [1.82, 2.24) is 5.32 Å². The van der Waals surface area contributed by atoms with E-state index in [1.54, 1.807) is 37.3 Å². The summed E-state index contributed by atoms with van der Waals surface area (Å²) in [4.78, 5) is 12.9. The Morgan fingerprint density at radius 2 is 1.79 bits per heavy atom. The van der Waals surface area contributed by atoms with Crippen LogP contribution < -0.4 is 10.0 Å². The molecule has 0 aromatic heterocycles. The van der Waals surface area contributed by atoms with Crippen LogP contribution in [0.4, 0.5) is 10.1 Å². The number of benzene rings is 2. The molecule has 0 aliphatic heterocycles. The Balaban J connectivity index is 1.81. The SMILES string of the molecule is CCCS(=O)(=O)Nc1cccc(C(=O)NC2(c3ccc(F)cc3)CCCC2)c1. The molecule has 0 heterocycles. The molecular weight excluding hydrogens is 379 g/mol. The van der Waals surface area contributed by atoms with Crippen molar-refractivity contribution in [3.05, 3.63) is 65.5 Å². The average molecular weight is 405 g/mol. The molecule has 1 fully saturated rings. The molecule has 2 aromatic rings. The van der Waals surface area contributed by atoms with Gasteiger partial charge in [-0.1, -0.05) is 38.0 Å². The van der Waals surface area contributed by atoms with Crippen molar-refractivity contribution in [2.45, 2.75) is 44.6 Å². The summed E-state index contributed by atoms with van der Waals surface area (Å²) in [5, 5.41) is 3.12. The Labute approximate surface area is 165 Å². The van der Waals surface area contributed by atoms with Crippen LogP contribution in [0, 0.1) is 5.82 Å². The van der Waals surface area contributed by atoms with Crippen LogP contribution in [0.25, 0.3) is 0 Å². The lowest BCUT2D eigenvalue weighted by atomic mass is 9.87. The summed E-state index contributed by atoms with van der Waals surface area (Å²) >= 11 is 0. The van der Waals surface area contributed by atoms with Crippen molar-refractivity contribution in [2.75, 3.05) is 10.5 Å². The van der Waals surface area contributed by atoms with Crippen molar-refractivity contribution in [3.63, 3.8) is 0 Å². The van der Waals surface area contributed by atoms with Crippen molar-refractivity contribution in [2.24, 2.45) is 0 Å². The van der Waals surface area contributed by atoms with Crippen LogP contribution in [0.3, 0.4) is 0 Å². The van der Waals surface area contributed by atoms with Crippen LogP contribution in [0.15, 0.2) is 48.5 Å². The summed E-state index contributed by atoms with van der Waals surface area (Å²) < 4.78 is 39.8. The van der Waals surface area contributed by atoms with Gasteiger partial charge in [0.25, 0.3) is 5.91 Å². The molecule has 2 N–H and O–H groups in total. The number of sulfonamides is 1. The van der Waals surface area contributed by atoms with Gasteiger partial charge in [-0.2, -0.15) is 0 Å². The molecule has 5 nitrogen and oxygen atoms in total. The number of hydrogen-bond donors (Lipinski definition) is 2. The van der Waals surface area contributed by atoms with Gasteiger partial charge < -0.3 is 5.32 Å². The molecule has 7 heteroatoms. The standard InChI is InChI=1S/C21H25FN2O3S/c1-2-14-28(26,27)24-19-7-5-6-16(15-19)20(25)23-21(12-3-4-13-21)17-8-10-18(22)11-9-17/h5-11,15,24H,2-4,12-14H2,1H3,(H,23,25). The van der Waals surface area contributed by atoms with E-state index in [1.165, 1.54) is 18.2 Å². The van der Waals surface area contributed by atoms with Crippen LogP contribution in [0.1, 0.15) is 54.9 Å². The maximum Gasteiger partial charge on any atom is 0.252 e. The number of nitrogens with one attached hydrogen (secondary N) is 2. The Morgan fingerprint density at radius 1 is 1.11 bits per heavy atom. The van der Waals surface area contributed by atoms with Crippen LogP contribution in [0.2, 0.25) is 0 Å². The topological polar surface area (TPSA) is 75.3 Å². The maximum absolute atomic E-state index is 13.3. The van der Waals surface area contributed by atoms with Crippen LogP contribution >= 0.6 is 0 Å². The summed E-state index contributed by atoms with van der Waals surface area (Å²) in [5.41, 5.74) is 1.11. The molecule has 0 bridgehead atoms. The lowest BCUT2D eigenvalue weighted by Gasteiger charge is -2.31. The minimum atomic E-state index is -3.43. The first-order valence-corrected chi connectivity index (χ1v) is 11.2. The number of hydrogen-bond acceptors (Lipinski definition) is 3. The van der Waals surface area contributed by atoms with E-state index in [0.29, 0.717) is 17.7 Å². The molecule has 0 unspecified atom stereocenters. The first-order chi connectivity index (χ1) is 13.3. The van der Waals surface area contributed by atoms with Gasteiger partial charge >= 0.3 is 0 Å². The third kappa shape index (κ3) is 4.70. The highest BCUT2D eigenvalue weighted by molar-refractivity contribution is 7.92. The number of amides is 1. The number of halogens is 1. The molecule has 1 amide bonds. The Morgan fingerprint density at radius 3 is 2.43 bits per heavy atom. The van der Waals surface area contributed by atoms with Gasteiger partial charge in [0.05, 0.1) is 11.3 Å². The van der Waals surface area contributed by atoms with Crippen molar-refractivity contribution >= 4 is 21.6 Å². The summed E-state index contributed by atoms with van der Waals surface area (Å²) in [6.07, 6.45) is 4.04. The van der Waals surface area contributed by atoms with Gasteiger partial charge in [-0.3, -0.25) is 9.52 Å². The van der Waals surface area contributed by atoms with Gasteiger partial charge in [-0.25, -0.2) is 12.8 Å². The van der Waals surface area contributed by atoms with Crippen molar-refractivity contribution in [1.29, 1.82) is 0 Å². The van der Waals surface area contributed by atoms with Crippen LogP contribution in [-0.2, 0) is 15.6 Å². The second kappa shape index (κ2) is 8.31. The summed E-state index contributed by atoms with van der Waals surface area (Å²) in [6.45, 7) is 1.79. The second-order valence-corrected chi connectivity index (χ2v) is 9.09. The number of anilines is 1. The highest BCUT2D eigenvalue weighted by Gasteiger charge is 2.37. The van der Waals surface area contributed by atoms with E-state index in [0.717, 1.165) is 31.2 Å². The molecule has 2 aromatic carbocycles. The number of rotatable bonds is 7. The molecule has 150 valence electrons. The van der Waals surface area contributed by atoms with Gasteiger partial charge in [-0.15, -0.1) is 0 Å². The maximum atomic E-state index is 13.3. The minimum Gasteiger partial charge on any atom is -0.343 e. The van der Waals surface area contributed by atoms with Gasteiger partial charge in [0, 0.05) is 11.3 Å². The normalized spacial score (nSPS) is 15.9. The Hall–Kier alpha value is -2.41. The molecule has 1 aliphatic carbocycles. The molecule has 0 saturated heterocycles. The second-order valence-electron chi connectivity index (χ2n) is 7.25. The zero-order valence-electron chi connectivity index (χ0n) is 15.9. The van der Waals surface area contributed by atoms with Gasteiger partial charge in [0.1, 0.15) is 5.82 Å². The first-order valence-electron chi connectivity index (χ1n) is 9.53. The van der Waals surface area contributed by atoms with Crippen LogP contribution in [0.5, 0.6) is 0 Å². The molecule has 0 radical (unpaired) electrons. The summed E-state index contributed by atoms with van der Waals surface area (Å²) in [6, 6.07) is 12.7. The molecule has 0 spiro atoms. The van der Waals surface area contributed by atoms with E-state index in [9.17, 15) is 17.6 Å². The molecule has 0 atom stereocenters. The molecule has 1 saturated carbocycles. The Bertz CT molecular complexity index is 936. The van der Waals surface area contributed by atoms with Crippen molar-refractivity contribution < 1.29 is 17.6 Å². The average Bonchev–Trinajstić information content (AvgIpc) is 3.11. The quantitative estimate of drug-likeness (QED) is 0.727. The van der Waals surface area contributed by atoms with E-state index in [1.807, 2.05) is 0 Å². The Kier molecular flexibility index (Phi) is 6.03. The van der Waals surface area contributed by atoms with Crippen molar-refractivity contribution in [3.8, 4) is 0 Å². The summed E-state index contributed by atoms with van der Waals surface area (Å²) in [7, 11) is -3.43. The smallest absolute Gasteiger partial charge is 0.252 e. The van der Waals surface area contributed by atoms with Gasteiger partial charge in [0.15, 0.2) is 0 Å². The fourth-order valence-electron chi connectivity index (χ4n) is 3.75. The third-order valence-electron chi connectivity index (χ3n) is 5.08. The highest BCUT2D eigenvalue weighted by atomic mass is 32.2. The summed E-state index contributed by atoms with van der Waals surface area (Å²) in [5.74, 6) is -0.560. The van der Waals surface area contributed by atoms with E-state index < -0.39 is 15.6 Å². The monoisotopic (exact) mass is 404 g/mol. The molecular formula is C21H25FN2O3S. The van der Waals surface area contributed by atoms with Gasteiger partial charge in [-0.05, 0) is 55.2 Å². The van der Waals surface area contributed by atoms with E-state index in [4.69, 9.17) is 0 Å². The third-order valence-corrected chi connectivity index (χ3v) is 6.57. The van der Waals surface area contributed by atoms with E-state index in [2.05, 4.69) is 10.0 Å².